The molecule has 3 heteroatoms. The Bertz CT molecular complexity index is 547. The molecule has 116 valence electrons. The van der Waals surface area contributed by atoms with E-state index in [1.54, 1.807) is 0 Å². The van der Waals surface area contributed by atoms with Crippen molar-refractivity contribution < 1.29 is 9.15 Å². The van der Waals surface area contributed by atoms with E-state index in [-0.39, 0.29) is 0 Å². The third kappa shape index (κ3) is 4.32. The number of hydrogen-bond acceptors (Lipinski definition) is 3. The molecule has 1 aromatic carbocycles. The molecule has 1 heterocycles. The van der Waals surface area contributed by atoms with Crippen LogP contribution in [0.3, 0.4) is 0 Å². The van der Waals surface area contributed by atoms with Crippen molar-refractivity contribution in [1.29, 1.82) is 0 Å². The predicted molar refractivity (Wildman–Crippen MR) is 87.3 cm³/mol. The van der Waals surface area contributed by atoms with Gasteiger partial charge in [0.05, 0.1) is 13.2 Å². The largest absolute Gasteiger partial charge is 0.459 e. The van der Waals surface area contributed by atoms with Gasteiger partial charge in [0, 0.05) is 17.6 Å². The van der Waals surface area contributed by atoms with E-state index in [9.17, 15) is 0 Å². The predicted octanol–water partition coefficient (Wildman–Crippen LogP) is 4.50. The molecule has 0 amide bonds. The number of benzene rings is 1. The zero-order valence-electron chi connectivity index (χ0n) is 13.4. The van der Waals surface area contributed by atoms with Gasteiger partial charge >= 0.3 is 0 Å². The van der Waals surface area contributed by atoms with Crippen molar-refractivity contribution >= 4 is 11.0 Å². The maximum Gasteiger partial charge on any atom is 0.134 e. The third-order valence-electron chi connectivity index (χ3n) is 3.75. The van der Waals surface area contributed by atoms with E-state index in [1.165, 1.54) is 23.8 Å². The Balaban J connectivity index is 2.08. The van der Waals surface area contributed by atoms with Crippen molar-refractivity contribution in [2.75, 3.05) is 13.2 Å². The first-order chi connectivity index (χ1) is 10.3. The van der Waals surface area contributed by atoms with Crippen LogP contribution in [0.1, 0.15) is 44.9 Å². The molecule has 1 N–H and O–H groups in total. The van der Waals surface area contributed by atoms with Gasteiger partial charge in [-0.3, -0.25) is 0 Å². The van der Waals surface area contributed by atoms with E-state index < -0.39 is 0 Å². The summed E-state index contributed by atoms with van der Waals surface area (Å²) in [6, 6.07) is 8.20. The second-order valence-corrected chi connectivity index (χ2v) is 5.69. The fourth-order valence-electron chi connectivity index (χ4n) is 2.63. The lowest BCUT2D eigenvalue weighted by atomic mass is 10.1. The molecule has 0 fully saturated rings. The smallest absolute Gasteiger partial charge is 0.134 e. The first-order valence-electron chi connectivity index (χ1n) is 8.04. The summed E-state index contributed by atoms with van der Waals surface area (Å²) >= 11 is 0. The first kappa shape index (κ1) is 16.1. The molecule has 0 aliphatic carbocycles. The molecule has 0 aliphatic rings. The molecule has 1 aromatic heterocycles. The van der Waals surface area contributed by atoms with E-state index in [2.05, 4.69) is 38.2 Å². The van der Waals surface area contributed by atoms with Crippen LogP contribution in [-0.2, 0) is 17.9 Å². The zero-order valence-corrected chi connectivity index (χ0v) is 13.4. The van der Waals surface area contributed by atoms with Gasteiger partial charge in [-0.25, -0.2) is 0 Å². The number of rotatable bonds is 9. The number of nitrogens with one attached hydrogen (secondary N) is 1. The van der Waals surface area contributed by atoms with Crippen LogP contribution in [0, 0.1) is 5.92 Å². The van der Waals surface area contributed by atoms with Crippen molar-refractivity contribution in [2.45, 2.75) is 46.8 Å². The Hall–Kier alpha value is -1.32. The molecule has 0 saturated heterocycles. The molecule has 3 nitrogen and oxygen atoms in total. The van der Waals surface area contributed by atoms with Crippen LogP contribution in [0.2, 0.25) is 0 Å². The normalized spacial score (nSPS) is 12.9. The van der Waals surface area contributed by atoms with Crippen LogP contribution >= 0.6 is 0 Å². The summed E-state index contributed by atoms with van der Waals surface area (Å²) in [4.78, 5) is 0. The molecular weight excluding hydrogens is 262 g/mol. The SMILES string of the molecule is CCCC(C)COCc1c(CNCC)oc2ccccc12. The van der Waals surface area contributed by atoms with Crippen LogP contribution in [-0.4, -0.2) is 13.2 Å². The van der Waals surface area contributed by atoms with Gasteiger partial charge in [-0.05, 0) is 24.9 Å². The Kier molecular flexibility index (Phi) is 6.27. The highest BCUT2D eigenvalue weighted by atomic mass is 16.5. The quantitative estimate of drug-likeness (QED) is 0.738. The molecule has 0 bridgehead atoms. The lowest BCUT2D eigenvalue weighted by molar-refractivity contribution is 0.0889. The number of hydrogen-bond donors (Lipinski definition) is 1. The van der Waals surface area contributed by atoms with E-state index in [4.69, 9.17) is 9.15 Å². The second-order valence-electron chi connectivity index (χ2n) is 5.69. The first-order valence-corrected chi connectivity index (χ1v) is 8.04. The van der Waals surface area contributed by atoms with E-state index in [1.807, 2.05) is 12.1 Å². The topological polar surface area (TPSA) is 34.4 Å². The molecule has 21 heavy (non-hydrogen) atoms. The minimum atomic E-state index is 0.616. The minimum Gasteiger partial charge on any atom is -0.459 e. The monoisotopic (exact) mass is 289 g/mol. The summed E-state index contributed by atoms with van der Waals surface area (Å²) in [5.74, 6) is 1.62. The molecule has 1 unspecified atom stereocenters. The fourth-order valence-corrected chi connectivity index (χ4v) is 2.63. The minimum absolute atomic E-state index is 0.616. The van der Waals surface area contributed by atoms with Gasteiger partial charge in [-0.2, -0.15) is 0 Å². The lowest BCUT2D eigenvalue weighted by Gasteiger charge is -2.11. The maximum atomic E-state index is 5.96. The van der Waals surface area contributed by atoms with Gasteiger partial charge < -0.3 is 14.5 Å². The van der Waals surface area contributed by atoms with E-state index in [0.29, 0.717) is 12.5 Å². The number of para-hydroxylation sites is 1. The Morgan fingerprint density at radius 3 is 2.81 bits per heavy atom. The van der Waals surface area contributed by atoms with Gasteiger partial charge in [-0.1, -0.05) is 45.4 Å². The van der Waals surface area contributed by atoms with Crippen molar-refractivity contribution in [1.82, 2.24) is 5.32 Å². The van der Waals surface area contributed by atoms with Crippen LogP contribution in [0.5, 0.6) is 0 Å². The maximum absolute atomic E-state index is 5.96. The Morgan fingerprint density at radius 1 is 1.24 bits per heavy atom. The van der Waals surface area contributed by atoms with Crippen molar-refractivity contribution in [2.24, 2.45) is 5.92 Å². The molecule has 0 saturated carbocycles. The summed E-state index contributed by atoms with van der Waals surface area (Å²) in [6.45, 7) is 9.70. The summed E-state index contributed by atoms with van der Waals surface area (Å²) in [6.07, 6.45) is 2.43. The summed E-state index contributed by atoms with van der Waals surface area (Å²) < 4.78 is 11.9. The molecule has 0 spiro atoms. The van der Waals surface area contributed by atoms with Gasteiger partial charge in [0.25, 0.3) is 0 Å². The average molecular weight is 289 g/mol. The highest BCUT2D eigenvalue weighted by Crippen LogP contribution is 2.26. The summed E-state index contributed by atoms with van der Waals surface area (Å²) in [5.41, 5.74) is 2.14. The van der Waals surface area contributed by atoms with Crippen LogP contribution in [0.4, 0.5) is 0 Å². The van der Waals surface area contributed by atoms with Gasteiger partial charge in [0.2, 0.25) is 0 Å². The number of furan rings is 1. The standard InChI is InChI=1S/C18H27NO2/c1-4-8-14(3)12-20-13-16-15-9-6-7-10-17(15)21-18(16)11-19-5-2/h6-7,9-10,14,19H,4-5,8,11-13H2,1-3H3. The van der Waals surface area contributed by atoms with Crippen LogP contribution in [0.15, 0.2) is 28.7 Å². The van der Waals surface area contributed by atoms with Crippen molar-refractivity contribution in [3.8, 4) is 0 Å². The van der Waals surface area contributed by atoms with Crippen LogP contribution < -0.4 is 5.32 Å². The molecule has 0 aliphatic heterocycles. The van der Waals surface area contributed by atoms with Crippen LogP contribution in [0.25, 0.3) is 11.0 Å². The highest BCUT2D eigenvalue weighted by molar-refractivity contribution is 5.82. The second kappa shape index (κ2) is 8.20. The molecule has 2 rings (SSSR count). The highest BCUT2D eigenvalue weighted by Gasteiger charge is 2.14. The lowest BCUT2D eigenvalue weighted by Crippen LogP contribution is -2.13. The van der Waals surface area contributed by atoms with E-state index in [0.717, 1.165) is 31.0 Å². The van der Waals surface area contributed by atoms with Gasteiger partial charge in [-0.15, -0.1) is 0 Å². The van der Waals surface area contributed by atoms with Gasteiger partial charge in [0.15, 0.2) is 0 Å². The van der Waals surface area contributed by atoms with Gasteiger partial charge in [0.1, 0.15) is 11.3 Å². The summed E-state index contributed by atoms with van der Waals surface area (Å²) in [7, 11) is 0. The Labute approximate surface area is 127 Å². The molecule has 1 atom stereocenters. The average Bonchev–Trinajstić information content (AvgIpc) is 2.83. The molecular formula is C18H27NO2. The van der Waals surface area contributed by atoms with E-state index >= 15 is 0 Å². The number of fused-ring (bicyclic) bond motifs is 1. The summed E-state index contributed by atoms with van der Waals surface area (Å²) in [5, 5.41) is 4.51. The Morgan fingerprint density at radius 2 is 2.05 bits per heavy atom. The zero-order chi connectivity index (χ0) is 15.1. The van der Waals surface area contributed by atoms with Crippen molar-refractivity contribution in [3.63, 3.8) is 0 Å². The molecule has 2 aromatic rings. The molecule has 0 radical (unpaired) electrons. The third-order valence-corrected chi connectivity index (χ3v) is 3.75. The number of ether oxygens (including phenoxy) is 1. The van der Waals surface area contributed by atoms with Crippen molar-refractivity contribution in [3.05, 3.63) is 35.6 Å². The fraction of sp³-hybridized carbons (Fsp3) is 0.556.